The van der Waals surface area contributed by atoms with Gasteiger partial charge in [-0.15, -0.1) is 5.10 Å². The summed E-state index contributed by atoms with van der Waals surface area (Å²) in [6, 6.07) is 9.67. The van der Waals surface area contributed by atoms with E-state index in [1.54, 1.807) is 29.2 Å². The molecule has 0 atom stereocenters. The van der Waals surface area contributed by atoms with Crippen molar-refractivity contribution in [2.45, 2.75) is 12.7 Å². The van der Waals surface area contributed by atoms with Crippen molar-refractivity contribution in [2.24, 2.45) is 0 Å². The van der Waals surface area contributed by atoms with E-state index in [0.717, 1.165) is 16.9 Å². The number of halogens is 4. The van der Waals surface area contributed by atoms with Gasteiger partial charge in [-0.3, -0.25) is 4.79 Å². The van der Waals surface area contributed by atoms with Gasteiger partial charge in [0.2, 0.25) is 11.8 Å². The van der Waals surface area contributed by atoms with E-state index in [1.807, 2.05) is 6.07 Å². The van der Waals surface area contributed by atoms with Crippen LogP contribution in [-0.4, -0.2) is 51.8 Å². The lowest BCUT2D eigenvalue weighted by molar-refractivity contribution is -0.138. The molecular formula is C20H17ClF3N5O3. The fourth-order valence-electron chi connectivity index (χ4n) is 3.32. The van der Waals surface area contributed by atoms with E-state index >= 15 is 0 Å². The molecule has 3 heterocycles. The Hall–Kier alpha value is -3.34. The zero-order chi connectivity index (χ0) is 22.9. The lowest BCUT2D eigenvalue weighted by Gasteiger charge is -2.35. The molecule has 1 aliphatic heterocycles. The van der Waals surface area contributed by atoms with Crippen LogP contribution in [0.15, 0.2) is 51.8 Å². The SMILES string of the molecule is O=C(Cn1nc(-c2ccccc2)oc1=O)N1CCN(c2ncc(C(F)(F)F)cc2Cl)CC1. The van der Waals surface area contributed by atoms with Crippen LogP contribution in [0.2, 0.25) is 5.02 Å². The van der Waals surface area contributed by atoms with Crippen molar-refractivity contribution < 1.29 is 22.4 Å². The van der Waals surface area contributed by atoms with E-state index < -0.39 is 17.5 Å². The van der Waals surface area contributed by atoms with Crippen LogP contribution >= 0.6 is 11.6 Å². The summed E-state index contributed by atoms with van der Waals surface area (Å²) >= 11 is 6.00. The molecule has 32 heavy (non-hydrogen) atoms. The first-order chi connectivity index (χ1) is 15.2. The summed E-state index contributed by atoms with van der Waals surface area (Å²) in [5, 5.41) is 3.97. The van der Waals surface area contributed by atoms with Crippen LogP contribution < -0.4 is 10.7 Å². The Morgan fingerprint density at radius 1 is 1.12 bits per heavy atom. The van der Waals surface area contributed by atoms with Gasteiger partial charge in [-0.2, -0.15) is 17.9 Å². The number of aromatic nitrogens is 3. The van der Waals surface area contributed by atoms with E-state index in [2.05, 4.69) is 10.1 Å². The van der Waals surface area contributed by atoms with Crippen LogP contribution in [0.4, 0.5) is 19.0 Å². The third-order valence-corrected chi connectivity index (χ3v) is 5.27. The Bertz CT molecular complexity index is 1170. The van der Waals surface area contributed by atoms with Crippen molar-refractivity contribution in [3.63, 3.8) is 0 Å². The van der Waals surface area contributed by atoms with Gasteiger partial charge in [0, 0.05) is 37.9 Å². The van der Waals surface area contributed by atoms with E-state index in [4.69, 9.17) is 16.0 Å². The number of amides is 1. The number of anilines is 1. The van der Waals surface area contributed by atoms with Gasteiger partial charge in [-0.1, -0.05) is 29.8 Å². The lowest BCUT2D eigenvalue weighted by atomic mass is 10.2. The first-order valence-electron chi connectivity index (χ1n) is 9.61. The minimum absolute atomic E-state index is 0.109. The predicted octanol–water partition coefficient (Wildman–Crippen LogP) is 2.92. The average molecular weight is 468 g/mol. The maximum atomic E-state index is 12.8. The molecule has 12 heteroatoms. The molecule has 1 aromatic carbocycles. The van der Waals surface area contributed by atoms with Crippen molar-refractivity contribution in [3.8, 4) is 11.5 Å². The lowest BCUT2D eigenvalue weighted by Crippen LogP contribution is -2.50. The maximum Gasteiger partial charge on any atom is 0.437 e. The van der Waals surface area contributed by atoms with Gasteiger partial charge in [-0.05, 0) is 18.2 Å². The van der Waals surface area contributed by atoms with Gasteiger partial charge >= 0.3 is 11.9 Å². The molecule has 0 aliphatic carbocycles. The summed E-state index contributed by atoms with van der Waals surface area (Å²) < 4.78 is 44.5. The number of pyridine rings is 1. The first kappa shape index (κ1) is 21.9. The summed E-state index contributed by atoms with van der Waals surface area (Å²) in [4.78, 5) is 31.8. The second kappa shape index (κ2) is 8.65. The molecule has 1 aliphatic rings. The fourth-order valence-corrected chi connectivity index (χ4v) is 3.60. The topological polar surface area (TPSA) is 84.5 Å². The molecule has 4 rings (SSSR count). The van der Waals surface area contributed by atoms with Crippen LogP contribution in [0.25, 0.3) is 11.5 Å². The summed E-state index contributed by atoms with van der Waals surface area (Å²) in [6.07, 6.45) is -3.79. The van der Waals surface area contributed by atoms with Gasteiger partial charge < -0.3 is 14.2 Å². The molecule has 3 aromatic rings. The quantitative estimate of drug-likeness (QED) is 0.586. The van der Waals surface area contributed by atoms with E-state index in [1.165, 1.54) is 4.90 Å². The highest BCUT2D eigenvalue weighted by molar-refractivity contribution is 6.33. The maximum absolute atomic E-state index is 12.8. The summed E-state index contributed by atoms with van der Waals surface area (Å²) in [5.74, 6) is -0.717. The molecule has 0 unspecified atom stereocenters. The van der Waals surface area contributed by atoms with Crippen molar-refractivity contribution in [2.75, 3.05) is 31.1 Å². The van der Waals surface area contributed by atoms with Gasteiger partial charge in [0.1, 0.15) is 12.4 Å². The number of hydrogen-bond donors (Lipinski definition) is 0. The van der Waals surface area contributed by atoms with Crippen LogP contribution in [0.3, 0.4) is 0 Å². The van der Waals surface area contributed by atoms with Crippen LogP contribution in [-0.2, 0) is 17.5 Å². The molecule has 0 spiro atoms. The van der Waals surface area contributed by atoms with Crippen LogP contribution in [0.1, 0.15) is 5.56 Å². The highest BCUT2D eigenvalue weighted by Crippen LogP contribution is 2.33. The molecule has 0 saturated carbocycles. The minimum atomic E-state index is -4.53. The molecule has 1 saturated heterocycles. The van der Waals surface area contributed by atoms with Gasteiger partial charge in [0.25, 0.3) is 0 Å². The minimum Gasteiger partial charge on any atom is -0.388 e. The molecule has 0 N–H and O–H groups in total. The van der Waals surface area contributed by atoms with Gasteiger partial charge in [0.05, 0.1) is 10.6 Å². The largest absolute Gasteiger partial charge is 0.437 e. The molecule has 168 valence electrons. The molecule has 1 amide bonds. The molecule has 8 nitrogen and oxygen atoms in total. The van der Waals surface area contributed by atoms with Gasteiger partial charge in [0.15, 0.2) is 0 Å². The van der Waals surface area contributed by atoms with Crippen LogP contribution in [0, 0.1) is 0 Å². The van der Waals surface area contributed by atoms with Crippen LogP contribution in [0.5, 0.6) is 0 Å². The molecule has 2 aromatic heterocycles. The number of alkyl halides is 3. The number of carbonyl (C=O) groups is 1. The fraction of sp³-hybridized carbons (Fsp3) is 0.300. The number of carbonyl (C=O) groups excluding carboxylic acids is 1. The summed E-state index contributed by atoms with van der Waals surface area (Å²) in [5.41, 5.74) is -0.307. The third-order valence-electron chi connectivity index (χ3n) is 4.99. The van der Waals surface area contributed by atoms with Gasteiger partial charge in [-0.25, -0.2) is 9.78 Å². The zero-order valence-electron chi connectivity index (χ0n) is 16.5. The molecule has 0 radical (unpaired) electrons. The normalized spacial score (nSPS) is 14.6. The summed E-state index contributed by atoms with van der Waals surface area (Å²) in [6.45, 7) is 0.945. The van der Waals surface area contributed by atoms with Crippen molar-refractivity contribution in [1.82, 2.24) is 19.7 Å². The molecule has 1 fully saturated rings. The second-order valence-corrected chi connectivity index (χ2v) is 7.50. The number of rotatable bonds is 4. The predicted molar refractivity (Wildman–Crippen MR) is 109 cm³/mol. The summed E-state index contributed by atoms with van der Waals surface area (Å²) in [7, 11) is 0. The number of benzene rings is 1. The monoisotopic (exact) mass is 467 g/mol. The second-order valence-electron chi connectivity index (χ2n) is 7.09. The number of piperazine rings is 1. The Balaban J connectivity index is 1.38. The van der Waals surface area contributed by atoms with E-state index in [0.29, 0.717) is 18.7 Å². The Morgan fingerprint density at radius 2 is 1.81 bits per heavy atom. The van der Waals surface area contributed by atoms with E-state index in [9.17, 15) is 22.8 Å². The van der Waals surface area contributed by atoms with Crippen molar-refractivity contribution >= 4 is 23.3 Å². The Labute approximate surface area is 184 Å². The number of hydrogen-bond acceptors (Lipinski definition) is 6. The molecule has 0 bridgehead atoms. The zero-order valence-corrected chi connectivity index (χ0v) is 17.3. The van der Waals surface area contributed by atoms with E-state index in [-0.39, 0.29) is 42.3 Å². The standard InChI is InChI=1S/C20H17ClF3N5O3/c21-15-10-14(20(22,23)24)11-25-17(15)28-8-6-27(7-9-28)16(30)12-29-19(31)32-18(26-29)13-4-2-1-3-5-13/h1-5,10-11H,6-9,12H2. The highest BCUT2D eigenvalue weighted by atomic mass is 35.5. The highest BCUT2D eigenvalue weighted by Gasteiger charge is 2.32. The first-order valence-corrected chi connectivity index (χ1v) is 9.99. The average Bonchev–Trinajstić information content (AvgIpc) is 3.14. The smallest absolute Gasteiger partial charge is 0.388 e. The van der Waals surface area contributed by atoms with Crippen molar-refractivity contribution in [3.05, 3.63) is 63.7 Å². The molecular weight excluding hydrogens is 451 g/mol. The number of nitrogens with zero attached hydrogens (tertiary/aromatic N) is 5. The Kier molecular flexibility index (Phi) is 5.92. The third kappa shape index (κ3) is 4.62. The van der Waals surface area contributed by atoms with Crippen molar-refractivity contribution in [1.29, 1.82) is 0 Å². The Morgan fingerprint density at radius 3 is 2.44 bits per heavy atom.